The lowest BCUT2D eigenvalue weighted by atomic mass is 9.91. The second-order valence-corrected chi connectivity index (χ2v) is 7.43. The van der Waals surface area contributed by atoms with E-state index in [0.29, 0.717) is 11.1 Å². The average Bonchev–Trinajstić information content (AvgIpc) is 2.92. The molecule has 0 radical (unpaired) electrons. The highest BCUT2D eigenvalue weighted by Crippen LogP contribution is 2.29. The van der Waals surface area contributed by atoms with Crippen molar-refractivity contribution in [3.05, 3.63) is 35.4 Å². The monoisotopic (exact) mass is 368 g/mol. The summed E-state index contributed by atoms with van der Waals surface area (Å²) in [7, 11) is 1.75. The van der Waals surface area contributed by atoms with Crippen molar-refractivity contribution in [2.24, 2.45) is 0 Å². The van der Waals surface area contributed by atoms with Gasteiger partial charge in [-0.15, -0.1) is 0 Å². The molecule has 7 nitrogen and oxygen atoms in total. The van der Waals surface area contributed by atoms with Gasteiger partial charge in [0, 0.05) is 13.1 Å². The second kappa shape index (κ2) is 7.39. The normalized spacial score (nSPS) is 23.1. The molecule has 1 saturated carbocycles. The van der Waals surface area contributed by atoms with Crippen molar-refractivity contribution in [2.45, 2.75) is 50.6 Å². The zero-order chi connectivity index (χ0) is 19.6. The number of hydrogen-bond donors (Lipinski definition) is 1. The third kappa shape index (κ3) is 3.52. The predicted octanol–water partition coefficient (Wildman–Crippen LogP) is 2.12. The minimum atomic E-state index is -1.24. The number of benzene rings is 1. The first-order valence-corrected chi connectivity index (χ1v) is 9.27. The number of nitriles is 1. The molecule has 1 atom stereocenters. The standard InChI is InChI=1S/C20H24N4O3/c1-20(15-10-8-14(12-21)9-11-15)18(26)24(19(27)22-20)13-17(25)23(2)16-6-4-3-5-7-16/h8-11,16H,3-7,13H2,1-2H3,(H,22,27). The van der Waals surface area contributed by atoms with Crippen LogP contribution in [-0.2, 0) is 15.1 Å². The van der Waals surface area contributed by atoms with Crippen molar-refractivity contribution in [2.75, 3.05) is 13.6 Å². The predicted molar refractivity (Wildman–Crippen MR) is 98.4 cm³/mol. The molecule has 0 bridgehead atoms. The maximum absolute atomic E-state index is 12.9. The number of rotatable bonds is 4. The van der Waals surface area contributed by atoms with Crippen LogP contribution in [0.1, 0.15) is 50.2 Å². The Balaban J connectivity index is 1.73. The van der Waals surface area contributed by atoms with Gasteiger partial charge >= 0.3 is 6.03 Å². The van der Waals surface area contributed by atoms with E-state index in [1.165, 1.54) is 6.42 Å². The van der Waals surface area contributed by atoms with E-state index in [1.54, 1.807) is 43.1 Å². The van der Waals surface area contributed by atoms with E-state index in [4.69, 9.17) is 5.26 Å². The summed E-state index contributed by atoms with van der Waals surface area (Å²) in [5.41, 5.74) is -0.190. The van der Waals surface area contributed by atoms with Crippen molar-refractivity contribution < 1.29 is 14.4 Å². The molecule has 1 aromatic carbocycles. The van der Waals surface area contributed by atoms with E-state index < -0.39 is 17.5 Å². The Morgan fingerprint density at radius 1 is 1.26 bits per heavy atom. The number of imide groups is 1. The Kier molecular flexibility index (Phi) is 5.17. The molecule has 1 N–H and O–H groups in total. The lowest BCUT2D eigenvalue weighted by molar-refractivity contribution is -0.139. The summed E-state index contributed by atoms with van der Waals surface area (Å²) in [6, 6.07) is 8.13. The van der Waals surface area contributed by atoms with Gasteiger partial charge in [0.25, 0.3) is 5.91 Å². The van der Waals surface area contributed by atoms with Gasteiger partial charge in [0.05, 0.1) is 11.6 Å². The molecular formula is C20H24N4O3. The number of carbonyl (C=O) groups excluding carboxylic acids is 3. The molecule has 1 aliphatic heterocycles. The molecule has 0 spiro atoms. The SMILES string of the molecule is CN(C(=O)CN1C(=O)NC(C)(c2ccc(C#N)cc2)C1=O)C1CCCCC1. The summed E-state index contributed by atoms with van der Waals surface area (Å²) < 4.78 is 0. The van der Waals surface area contributed by atoms with Gasteiger partial charge in [0.15, 0.2) is 0 Å². The van der Waals surface area contributed by atoms with E-state index in [0.717, 1.165) is 30.6 Å². The van der Waals surface area contributed by atoms with Crippen molar-refractivity contribution in [3.8, 4) is 6.07 Å². The summed E-state index contributed by atoms with van der Waals surface area (Å²) in [5, 5.41) is 11.6. The molecule has 1 aliphatic carbocycles. The quantitative estimate of drug-likeness (QED) is 0.824. The third-order valence-electron chi connectivity index (χ3n) is 5.68. The number of amides is 4. The number of carbonyl (C=O) groups is 3. The molecule has 142 valence electrons. The smallest absolute Gasteiger partial charge is 0.325 e. The van der Waals surface area contributed by atoms with E-state index in [-0.39, 0.29) is 18.5 Å². The number of hydrogen-bond acceptors (Lipinski definition) is 4. The fourth-order valence-electron chi connectivity index (χ4n) is 3.83. The zero-order valence-electron chi connectivity index (χ0n) is 15.7. The molecule has 4 amide bonds. The maximum atomic E-state index is 12.9. The first kappa shape index (κ1) is 18.9. The fourth-order valence-corrected chi connectivity index (χ4v) is 3.83. The highest BCUT2D eigenvalue weighted by atomic mass is 16.2. The number of nitrogens with zero attached hydrogens (tertiary/aromatic N) is 3. The third-order valence-corrected chi connectivity index (χ3v) is 5.68. The van der Waals surface area contributed by atoms with Gasteiger partial charge in [-0.05, 0) is 37.5 Å². The zero-order valence-corrected chi connectivity index (χ0v) is 15.7. The van der Waals surface area contributed by atoms with Crippen LogP contribution >= 0.6 is 0 Å². The Hall–Kier alpha value is -2.88. The summed E-state index contributed by atoms with van der Waals surface area (Å²) in [6.07, 6.45) is 5.32. The van der Waals surface area contributed by atoms with Gasteiger partial charge < -0.3 is 10.2 Å². The van der Waals surface area contributed by atoms with E-state index in [1.807, 2.05) is 6.07 Å². The summed E-state index contributed by atoms with van der Waals surface area (Å²) in [4.78, 5) is 40.6. The molecule has 3 rings (SSSR count). The number of likely N-dealkylation sites (N-methyl/N-ethyl adjacent to an activating group) is 1. The van der Waals surface area contributed by atoms with Crippen molar-refractivity contribution in [1.82, 2.24) is 15.1 Å². The van der Waals surface area contributed by atoms with E-state index in [9.17, 15) is 14.4 Å². The lowest BCUT2D eigenvalue weighted by Crippen LogP contribution is -2.46. The second-order valence-electron chi connectivity index (χ2n) is 7.43. The fraction of sp³-hybridized carbons (Fsp3) is 0.500. The van der Waals surface area contributed by atoms with Crippen LogP contribution in [0.2, 0.25) is 0 Å². The van der Waals surface area contributed by atoms with Crippen molar-refractivity contribution in [3.63, 3.8) is 0 Å². The van der Waals surface area contributed by atoms with Crippen LogP contribution in [-0.4, -0.2) is 47.3 Å². The van der Waals surface area contributed by atoms with Crippen LogP contribution in [0.4, 0.5) is 4.79 Å². The minimum Gasteiger partial charge on any atom is -0.341 e. The largest absolute Gasteiger partial charge is 0.341 e. The Morgan fingerprint density at radius 2 is 1.89 bits per heavy atom. The lowest BCUT2D eigenvalue weighted by Gasteiger charge is -2.32. The topological polar surface area (TPSA) is 93.5 Å². The van der Waals surface area contributed by atoms with Gasteiger partial charge in [-0.3, -0.25) is 14.5 Å². The maximum Gasteiger partial charge on any atom is 0.325 e. The van der Waals surface area contributed by atoms with Crippen molar-refractivity contribution in [1.29, 1.82) is 5.26 Å². The number of urea groups is 1. The molecule has 2 fully saturated rings. The van der Waals surface area contributed by atoms with E-state index >= 15 is 0 Å². The molecule has 0 aromatic heterocycles. The molecule has 1 unspecified atom stereocenters. The first-order valence-electron chi connectivity index (χ1n) is 9.27. The Bertz CT molecular complexity index is 792. The van der Waals surface area contributed by atoms with Gasteiger partial charge in [-0.1, -0.05) is 31.4 Å². The highest BCUT2D eigenvalue weighted by molar-refractivity contribution is 6.09. The summed E-state index contributed by atoms with van der Waals surface area (Å²) in [5.74, 6) is -0.683. The Morgan fingerprint density at radius 3 is 2.48 bits per heavy atom. The Labute approximate surface area is 158 Å². The van der Waals surface area contributed by atoms with Gasteiger partial charge in [-0.2, -0.15) is 5.26 Å². The number of nitrogens with one attached hydrogen (secondary N) is 1. The van der Waals surface area contributed by atoms with Crippen LogP contribution in [0.25, 0.3) is 0 Å². The molecular weight excluding hydrogens is 344 g/mol. The molecule has 27 heavy (non-hydrogen) atoms. The van der Waals surface area contributed by atoms with Crippen LogP contribution in [0.3, 0.4) is 0 Å². The van der Waals surface area contributed by atoms with Crippen LogP contribution < -0.4 is 5.32 Å². The molecule has 2 aliphatic rings. The van der Waals surface area contributed by atoms with E-state index in [2.05, 4.69) is 5.32 Å². The summed E-state index contributed by atoms with van der Waals surface area (Å²) >= 11 is 0. The van der Waals surface area contributed by atoms with Gasteiger partial charge in [0.2, 0.25) is 5.91 Å². The van der Waals surface area contributed by atoms with Crippen molar-refractivity contribution >= 4 is 17.8 Å². The molecule has 7 heteroatoms. The molecule has 1 aromatic rings. The molecule has 1 heterocycles. The van der Waals surface area contributed by atoms with Gasteiger partial charge in [0.1, 0.15) is 12.1 Å². The summed E-state index contributed by atoms with van der Waals surface area (Å²) in [6.45, 7) is 1.35. The van der Waals surface area contributed by atoms with Gasteiger partial charge in [-0.25, -0.2) is 4.79 Å². The van der Waals surface area contributed by atoms with Crippen LogP contribution in [0, 0.1) is 11.3 Å². The highest BCUT2D eigenvalue weighted by Gasteiger charge is 2.49. The minimum absolute atomic E-state index is 0.178. The van der Waals surface area contributed by atoms with Crippen LogP contribution in [0.15, 0.2) is 24.3 Å². The molecule has 1 saturated heterocycles. The first-order chi connectivity index (χ1) is 12.9. The average molecular weight is 368 g/mol. The van der Waals surface area contributed by atoms with Crippen LogP contribution in [0.5, 0.6) is 0 Å².